The number of hydrogen-bond donors (Lipinski definition) is 0. The van der Waals surface area contributed by atoms with Crippen LogP contribution in [0.1, 0.15) is 24.0 Å². The Morgan fingerprint density at radius 3 is 1.89 bits per heavy atom. The Morgan fingerprint density at radius 1 is 0.947 bits per heavy atom. The Hall–Kier alpha value is -1.31. The minimum absolute atomic E-state index is 0.141. The molecule has 2 heteroatoms. The topological polar surface area (TPSA) is 9.23 Å². The van der Waals surface area contributed by atoms with Crippen molar-refractivity contribution in [2.45, 2.75) is 24.5 Å². The molecule has 1 nitrogen and oxygen atoms in total. The van der Waals surface area contributed by atoms with Crippen LogP contribution < -0.4 is 0 Å². The molecule has 2 aromatic rings. The Kier molecular flexibility index (Phi) is 3.58. The van der Waals surface area contributed by atoms with Crippen molar-refractivity contribution in [3.05, 3.63) is 71.8 Å². The van der Waals surface area contributed by atoms with Crippen molar-refractivity contribution in [1.82, 2.24) is 0 Å². The van der Waals surface area contributed by atoms with Crippen LogP contribution in [0.2, 0.25) is 0 Å². The summed E-state index contributed by atoms with van der Waals surface area (Å²) in [6.45, 7) is 0. The minimum Gasteiger partial charge on any atom is -0.361 e. The van der Waals surface area contributed by atoms with Crippen molar-refractivity contribution in [1.29, 1.82) is 0 Å². The summed E-state index contributed by atoms with van der Waals surface area (Å²) in [6, 6.07) is 20.9. The maximum Gasteiger partial charge on any atom is 0.119 e. The summed E-state index contributed by atoms with van der Waals surface area (Å²) in [5.41, 5.74) is 2.10. The number of ether oxygens (including phenoxy) is 1. The Balaban J connectivity index is 2.07. The van der Waals surface area contributed by atoms with E-state index in [0.29, 0.717) is 5.88 Å². The molecule has 0 aliphatic carbocycles. The fourth-order valence-electron chi connectivity index (χ4n) is 2.88. The molecule has 0 unspecified atom stereocenters. The Bertz CT molecular complexity index is 484. The van der Waals surface area contributed by atoms with E-state index < -0.39 is 0 Å². The number of halogens is 1. The molecule has 0 aromatic heterocycles. The third kappa shape index (κ3) is 2.29. The van der Waals surface area contributed by atoms with Crippen LogP contribution in [0.3, 0.4) is 0 Å². The third-order valence-electron chi connectivity index (χ3n) is 3.84. The highest BCUT2D eigenvalue weighted by Gasteiger charge is 2.42. The average molecular weight is 273 g/mol. The molecule has 0 N–H and O–H groups in total. The van der Waals surface area contributed by atoms with Gasteiger partial charge in [-0.2, -0.15) is 0 Å². The molecule has 1 aliphatic rings. The molecule has 1 aliphatic heterocycles. The highest BCUT2D eigenvalue weighted by molar-refractivity contribution is 6.18. The molecular weight excluding hydrogens is 256 g/mol. The van der Waals surface area contributed by atoms with E-state index in [1.165, 1.54) is 11.1 Å². The third-order valence-corrected chi connectivity index (χ3v) is 4.18. The zero-order chi connectivity index (χ0) is 13.1. The van der Waals surface area contributed by atoms with Gasteiger partial charge in [0.05, 0.1) is 6.10 Å². The summed E-state index contributed by atoms with van der Waals surface area (Å²) in [7, 11) is 0. The highest BCUT2D eigenvalue weighted by atomic mass is 35.5. The van der Waals surface area contributed by atoms with E-state index in [2.05, 4.69) is 48.5 Å². The Labute approximate surface area is 119 Å². The number of benzene rings is 2. The average Bonchev–Trinajstić information content (AvgIpc) is 2.95. The van der Waals surface area contributed by atoms with Gasteiger partial charge in [-0.15, -0.1) is 11.6 Å². The molecule has 0 bridgehead atoms. The Morgan fingerprint density at radius 2 is 1.47 bits per heavy atom. The summed E-state index contributed by atoms with van der Waals surface area (Å²) >= 11 is 5.99. The first-order valence-corrected chi connectivity index (χ1v) is 7.23. The van der Waals surface area contributed by atoms with E-state index in [-0.39, 0.29) is 11.7 Å². The lowest BCUT2D eigenvalue weighted by Gasteiger charge is -2.30. The van der Waals surface area contributed by atoms with Gasteiger partial charge in [0.15, 0.2) is 0 Å². The van der Waals surface area contributed by atoms with Crippen LogP contribution in [-0.4, -0.2) is 12.0 Å². The molecule has 98 valence electrons. The van der Waals surface area contributed by atoms with E-state index in [4.69, 9.17) is 16.3 Å². The van der Waals surface area contributed by atoms with Crippen LogP contribution in [0.25, 0.3) is 0 Å². The van der Waals surface area contributed by atoms with Gasteiger partial charge in [-0.25, -0.2) is 0 Å². The normalized spacial score (nSPS) is 21.4. The molecule has 0 spiro atoms. The van der Waals surface area contributed by atoms with E-state index in [9.17, 15) is 0 Å². The molecule has 19 heavy (non-hydrogen) atoms. The van der Waals surface area contributed by atoms with Gasteiger partial charge in [-0.05, 0) is 24.0 Å². The van der Waals surface area contributed by atoms with Crippen LogP contribution in [0.15, 0.2) is 60.7 Å². The van der Waals surface area contributed by atoms with Crippen molar-refractivity contribution in [2.75, 3.05) is 5.88 Å². The monoisotopic (exact) mass is 272 g/mol. The van der Waals surface area contributed by atoms with Crippen molar-refractivity contribution >= 4 is 11.6 Å². The second-order valence-corrected chi connectivity index (χ2v) is 5.30. The van der Waals surface area contributed by atoms with Gasteiger partial charge in [-0.1, -0.05) is 60.7 Å². The SMILES string of the molecule is ClC[C@@H]1CCC(c2ccccc2)(c2ccccc2)O1. The molecule has 1 heterocycles. The second-order valence-electron chi connectivity index (χ2n) is 4.99. The molecule has 0 amide bonds. The van der Waals surface area contributed by atoms with Gasteiger partial charge in [0.1, 0.15) is 5.60 Å². The second kappa shape index (κ2) is 5.36. The number of alkyl halides is 1. The van der Waals surface area contributed by atoms with Crippen LogP contribution >= 0.6 is 11.6 Å². The summed E-state index contributed by atoms with van der Waals surface area (Å²) < 4.78 is 6.34. The first-order valence-electron chi connectivity index (χ1n) is 6.70. The number of rotatable bonds is 3. The maximum absolute atomic E-state index is 6.34. The molecule has 0 radical (unpaired) electrons. The first kappa shape index (κ1) is 12.7. The fourth-order valence-corrected chi connectivity index (χ4v) is 3.10. The predicted octanol–water partition coefficient (Wildman–Crippen LogP) is 4.35. The lowest BCUT2D eigenvalue weighted by Crippen LogP contribution is -2.28. The lowest BCUT2D eigenvalue weighted by atomic mass is 9.84. The van der Waals surface area contributed by atoms with Gasteiger partial charge in [-0.3, -0.25) is 0 Å². The van der Waals surface area contributed by atoms with Gasteiger partial charge in [0.25, 0.3) is 0 Å². The smallest absolute Gasteiger partial charge is 0.119 e. The summed E-state index contributed by atoms with van der Waals surface area (Å²) in [5.74, 6) is 0.557. The standard InChI is InChI=1S/C17H17ClO/c18-13-16-11-12-17(19-16,14-7-3-1-4-8-14)15-9-5-2-6-10-15/h1-10,16H,11-13H2/t16-/m0/s1. The van der Waals surface area contributed by atoms with Gasteiger partial charge in [0, 0.05) is 5.88 Å². The van der Waals surface area contributed by atoms with E-state index in [1.54, 1.807) is 0 Å². The van der Waals surface area contributed by atoms with E-state index in [0.717, 1.165) is 12.8 Å². The summed E-state index contributed by atoms with van der Waals surface area (Å²) in [6.07, 6.45) is 2.13. The van der Waals surface area contributed by atoms with Gasteiger partial charge in [0.2, 0.25) is 0 Å². The molecule has 0 saturated carbocycles. The van der Waals surface area contributed by atoms with Crippen molar-refractivity contribution in [3.8, 4) is 0 Å². The van der Waals surface area contributed by atoms with Crippen LogP contribution in [0.5, 0.6) is 0 Å². The maximum atomic E-state index is 6.34. The largest absolute Gasteiger partial charge is 0.361 e. The predicted molar refractivity (Wildman–Crippen MR) is 78.5 cm³/mol. The quantitative estimate of drug-likeness (QED) is 0.755. The van der Waals surface area contributed by atoms with Crippen LogP contribution in [-0.2, 0) is 10.3 Å². The summed E-state index contributed by atoms with van der Waals surface area (Å²) in [4.78, 5) is 0. The molecule has 2 aromatic carbocycles. The van der Waals surface area contributed by atoms with Crippen molar-refractivity contribution in [3.63, 3.8) is 0 Å². The van der Waals surface area contributed by atoms with E-state index >= 15 is 0 Å². The number of hydrogen-bond acceptors (Lipinski definition) is 1. The molecule has 1 saturated heterocycles. The van der Waals surface area contributed by atoms with Crippen molar-refractivity contribution in [2.24, 2.45) is 0 Å². The van der Waals surface area contributed by atoms with Gasteiger partial charge >= 0.3 is 0 Å². The van der Waals surface area contributed by atoms with E-state index in [1.807, 2.05) is 12.1 Å². The molecule has 3 rings (SSSR count). The molecule has 1 fully saturated rings. The highest BCUT2D eigenvalue weighted by Crippen LogP contribution is 2.44. The van der Waals surface area contributed by atoms with Crippen LogP contribution in [0.4, 0.5) is 0 Å². The van der Waals surface area contributed by atoms with Crippen LogP contribution in [0, 0.1) is 0 Å². The first-order chi connectivity index (χ1) is 9.35. The van der Waals surface area contributed by atoms with Crippen molar-refractivity contribution < 1.29 is 4.74 Å². The van der Waals surface area contributed by atoms with Gasteiger partial charge < -0.3 is 4.74 Å². The molecular formula is C17H17ClO. The lowest BCUT2D eigenvalue weighted by molar-refractivity contribution is -0.00657. The zero-order valence-corrected chi connectivity index (χ0v) is 11.5. The minimum atomic E-state index is -0.331. The summed E-state index contributed by atoms with van der Waals surface area (Å²) in [5, 5.41) is 0. The zero-order valence-electron chi connectivity index (χ0n) is 10.8. The fraction of sp³-hybridized carbons (Fsp3) is 0.294. The molecule has 1 atom stereocenters.